The zero-order valence-corrected chi connectivity index (χ0v) is 16.5. The number of aromatic nitrogens is 2. The van der Waals surface area contributed by atoms with E-state index in [1.54, 1.807) is 25.3 Å². The number of carbonyl (C=O) groups is 1. The average Bonchev–Trinajstić information content (AvgIpc) is 3.15. The van der Waals surface area contributed by atoms with Gasteiger partial charge in [0.2, 0.25) is 0 Å². The van der Waals surface area contributed by atoms with Crippen molar-refractivity contribution in [3.05, 3.63) is 71.8 Å². The van der Waals surface area contributed by atoms with Gasteiger partial charge in [0, 0.05) is 37.9 Å². The highest BCUT2D eigenvalue weighted by Gasteiger charge is 2.26. The van der Waals surface area contributed by atoms with Crippen molar-refractivity contribution < 1.29 is 13.9 Å². The number of hydrogen-bond donors (Lipinski definition) is 0. The number of nitrogens with zero attached hydrogens (tertiary/aromatic N) is 4. The zero-order valence-electron chi connectivity index (χ0n) is 16.5. The smallest absolute Gasteiger partial charge is 0.272 e. The van der Waals surface area contributed by atoms with E-state index in [1.165, 1.54) is 16.8 Å². The van der Waals surface area contributed by atoms with Crippen molar-refractivity contribution in [1.29, 1.82) is 0 Å². The number of halogens is 1. The second-order valence-corrected chi connectivity index (χ2v) is 7.04. The molecule has 0 atom stereocenters. The van der Waals surface area contributed by atoms with Crippen LogP contribution in [0.15, 0.2) is 54.6 Å². The second-order valence-electron chi connectivity index (χ2n) is 7.04. The van der Waals surface area contributed by atoms with Crippen LogP contribution in [0.3, 0.4) is 0 Å². The summed E-state index contributed by atoms with van der Waals surface area (Å²) < 4.78 is 20.5. The van der Waals surface area contributed by atoms with Gasteiger partial charge in [-0.15, -0.1) is 0 Å². The summed E-state index contributed by atoms with van der Waals surface area (Å²) in [5.74, 6) is 0.358. The third-order valence-corrected chi connectivity index (χ3v) is 5.09. The summed E-state index contributed by atoms with van der Waals surface area (Å²) in [4.78, 5) is 17.2. The molecule has 2 heterocycles. The van der Waals surface area contributed by atoms with Crippen molar-refractivity contribution in [1.82, 2.24) is 14.7 Å². The van der Waals surface area contributed by atoms with Gasteiger partial charge in [-0.2, -0.15) is 5.10 Å². The van der Waals surface area contributed by atoms with Crippen LogP contribution < -0.4 is 9.64 Å². The average molecular weight is 394 g/mol. The van der Waals surface area contributed by atoms with E-state index in [2.05, 4.69) is 10.00 Å². The molecule has 7 heteroatoms. The van der Waals surface area contributed by atoms with E-state index in [-0.39, 0.29) is 11.7 Å². The number of benzene rings is 2. The van der Waals surface area contributed by atoms with Crippen LogP contribution >= 0.6 is 0 Å². The van der Waals surface area contributed by atoms with Gasteiger partial charge in [0.1, 0.15) is 17.3 Å². The first-order valence-corrected chi connectivity index (χ1v) is 9.56. The maximum absolute atomic E-state index is 13.7. The minimum absolute atomic E-state index is 0.0971. The molecule has 1 fully saturated rings. The molecule has 4 rings (SSSR count). The second kappa shape index (κ2) is 7.95. The van der Waals surface area contributed by atoms with Gasteiger partial charge >= 0.3 is 0 Å². The van der Waals surface area contributed by atoms with Crippen molar-refractivity contribution in [2.75, 3.05) is 38.2 Å². The highest BCUT2D eigenvalue weighted by atomic mass is 19.1. The van der Waals surface area contributed by atoms with E-state index in [1.807, 2.05) is 36.1 Å². The van der Waals surface area contributed by atoms with Crippen LogP contribution in [0.5, 0.6) is 5.75 Å². The summed E-state index contributed by atoms with van der Waals surface area (Å²) in [6.45, 7) is 4.48. The molecule has 29 heavy (non-hydrogen) atoms. The van der Waals surface area contributed by atoms with Gasteiger partial charge in [0.15, 0.2) is 0 Å². The van der Waals surface area contributed by atoms with E-state index in [4.69, 9.17) is 4.74 Å². The molecule has 1 amide bonds. The molecular weight excluding hydrogens is 371 g/mol. The Morgan fingerprint density at radius 2 is 1.72 bits per heavy atom. The summed E-state index contributed by atoms with van der Waals surface area (Å²) >= 11 is 0. The summed E-state index contributed by atoms with van der Waals surface area (Å²) in [7, 11) is 1.65. The SMILES string of the molecule is COc1cccc(N2CCN(C(=O)c3cc(C)nn3-c3cccc(F)c3)CC2)c1. The van der Waals surface area contributed by atoms with Crippen LogP contribution in [-0.2, 0) is 0 Å². The highest BCUT2D eigenvalue weighted by molar-refractivity contribution is 5.93. The number of piperazine rings is 1. The Kier molecular flexibility index (Phi) is 5.20. The van der Waals surface area contributed by atoms with Crippen LogP contribution in [0.1, 0.15) is 16.2 Å². The Labute approximate surface area is 169 Å². The zero-order chi connectivity index (χ0) is 20.4. The summed E-state index contributed by atoms with van der Waals surface area (Å²) in [6, 6.07) is 15.8. The first-order valence-electron chi connectivity index (χ1n) is 9.56. The van der Waals surface area contributed by atoms with Crippen LogP contribution in [0.25, 0.3) is 5.69 Å². The molecule has 0 unspecified atom stereocenters. The predicted octanol–water partition coefficient (Wildman–Crippen LogP) is 3.29. The Morgan fingerprint density at radius 3 is 2.45 bits per heavy atom. The Bertz CT molecular complexity index is 1030. The lowest BCUT2D eigenvalue weighted by Gasteiger charge is -2.36. The number of carbonyl (C=O) groups excluding carboxylic acids is 1. The van der Waals surface area contributed by atoms with Gasteiger partial charge in [-0.25, -0.2) is 9.07 Å². The number of amides is 1. The fourth-order valence-corrected chi connectivity index (χ4v) is 3.59. The van der Waals surface area contributed by atoms with Crippen molar-refractivity contribution in [3.63, 3.8) is 0 Å². The molecule has 1 saturated heterocycles. The first-order chi connectivity index (χ1) is 14.0. The number of aryl methyl sites for hydroxylation is 1. The Morgan fingerprint density at radius 1 is 1.00 bits per heavy atom. The molecular formula is C22H23FN4O2. The molecule has 0 aliphatic carbocycles. The maximum atomic E-state index is 13.7. The molecule has 0 bridgehead atoms. The number of ether oxygens (including phenoxy) is 1. The molecule has 1 aliphatic rings. The number of rotatable bonds is 4. The van der Waals surface area contributed by atoms with Gasteiger partial charge in [0.05, 0.1) is 18.5 Å². The van der Waals surface area contributed by atoms with Crippen LogP contribution in [0.4, 0.5) is 10.1 Å². The van der Waals surface area contributed by atoms with E-state index in [9.17, 15) is 9.18 Å². The third-order valence-electron chi connectivity index (χ3n) is 5.09. The van der Waals surface area contributed by atoms with Crippen LogP contribution in [-0.4, -0.2) is 53.9 Å². The van der Waals surface area contributed by atoms with Crippen molar-refractivity contribution >= 4 is 11.6 Å². The minimum Gasteiger partial charge on any atom is -0.497 e. The molecule has 1 aliphatic heterocycles. The van der Waals surface area contributed by atoms with E-state index in [0.717, 1.165) is 24.5 Å². The normalized spacial score (nSPS) is 14.2. The van der Waals surface area contributed by atoms with Crippen molar-refractivity contribution in [3.8, 4) is 11.4 Å². The van der Waals surface area contributed by atoms with Gasteiger partial charge in [-0.3, -0.25) is 4.79 Å². The molecule has 3 aromatic rings. The topological polar surface area (TPSA) is 50.6 Å². The van der Waals surface area contributed by atoms with Gasteiger partial charge in [-0.1, -0.05) is 12.1 Å². The Balaban J connectivity index is 1.50. The standard InChI is InChI=1S/C22H23FN4O2/c1-16-13-21(27(24-16)19-7-3-5-17(23)14-19)22(28)26-11-9-25(10-12-26)18-6-4-8-20(15-18)29-2/h3-8,13-15H,9-12H2,1-2H3. The van der Waals surface area contributed by atoms with E-state index < -0.39 is 0 Å². The summed E-state index contributed by atoms with van der Waals surface area (Å²) in [5, 5.41) is 4.40. The van der Waals surface area contributed by atoms with Gasteiger partial charge in [0.25, 0.3) is 5.91 Å². The quantitative estimate of drug-likeness (QED) is 0.681. The molecule has 1 aromatic heterocycles. The first kappa shape index (κ1) is 19.0. The molecule has 0 saturated carbocycles. The minimum atomic E-state index is -0.360. The lowest BCUT2D eigenvalue weighted by molar-refractivity contribution is 0.0737. The number of methoxy groups -OCH3 is 1. The predicted molar refractivity (Wildman–Crippen MR) is 109 cm³/mol. The fraction of sp³-hybridized carbons (Fsp3) is 0.273. The van der Waals surface area contributed by atoms with E-state index in [0.29, 0.717) is 30.2 Å². The number of hydrogen-bond acceptors (Lipinski definition) is 4. The van der Waals surface area contributed by atoms with Crippen LogP contribution in [0, 0.1) is 12.7 Å². The Hall–Kier alpha value is -3.35. The molecule has 0 N–H and O–H groups in total. The lowest BCUT2D eigenvalue weighted by Crippen LogP contribution is -2.49. The summed E-state index contributed by atoms with van der Waals surface area (Å²) in [5.41, 5.74) is 2.78. The fourth-order valence-electron chi connectivity index (χ4n) is 3.59. The molecule has 150 valence electrons. The molecule has 0 radical (unpaired) electrons. The van der Waals surface area contributed by atoms with Gasteiger partial charge < -0.3 is 14.5 Å². The third kappa shape index (κ3) is 3.94. The molecule has 2 aromatic carbocycles. The molecule has 6 nitrogen and oxygen atoms in total. The summed E-state index contributed by atoms with van der Waals surface area (Å²) in [6.07, 6.45) is 0. The lowest BCUT2D eigenvalue weighted by atomic mass is 10.2. The van der Waals surface area contributed by atoms with Crippen LogP contribution in [0.2, 0.25) is 0 Å². The molecule has 0 spiro atoms. The maximum Gasteiger partial charge on any atom is 0.272 e. The highest BCUT2D eigenvalue weighted by Crippen LogP contribution is 2.23. The van der Waals surface area contributed by atoms with E-state index >= 15 is 0 Å². The van der Waals surface area contributed by atoms with Crippen molar-refractivity contribution in [2.24, 2.45) is 0 Å². The monoisotopic (exact) mass is 394 g/mol. The number of anilines is 1. The van der Waals surface area contributed by atoms with Crippen molar-refractivity contribution in [2.45, 2.75) is 6.92 Å². The van der Waals surface area contributed by atoms with Gasteiger partial charge in [-0.05, 0) is 43.3 Å². The largest absolute Gasteiger partial charge is 0.497 e.